The van der Waals surface area contributed by atoms with Crippen LogP contribution < -0.4 is 0 Å². The Morgan fingerprint density at radius 1 is 1.69 bits per heavy atom. The predicted molar refractivity (Wildman–Crippen MR) is 55.4 cm³/mol. The van der Waals surface area contributed by atoms with Crippen molar-refractivity contribution in [3.63, 3.8) is 0 Å². The van der Waals surface area contributed by atoms with Gasteiger partial charge in [0.05, 0.1) is 12.0 Å². The Morgan fingerprint density at radius 2 is 2.31 bits per heavy atom. The molecule has 0 aliphatic carbocycles. The fraction of sp³-hybridized carbons (Fsp3) is 0.364. The fourth-order valence-electron chi connectivity index (χ4n) is 1.16. The minimum Gasteiger partial charge on any atom is -0.439 e. The minimum absolute atomic E-state index is 0.000000000000000666. The predicted octanol–water partition coefficient (Wildman–Crippen LogP) is 0.763. The fourth-order valence-corrected chi connectivity index (χ4v) is 1.16. The molecule has 0 N–H and O–H groups in total. The highest BCUT2D eigenvalue weighted by Gasteiger charge is 2.37. The quantitative estimate of drug-likeness (QED) is 0.419. The summed E-state index contributed by atoms with van der Waals surface area (Å²) in [7, 11) is 1.95. The van der Waals surface area contributed by atoms with E-state index in [4.69, 9.17) is 5.26 Å². The van der Waals surface area contributed by atoms with Crippen molar-refractivity contribution >= 4 is 12.3 Å². The lowest BCUT2D eigenvalue weighted by Gasteiger charge is -2.02. The number of epoxide rings is 1. The number of cyclic esters (lactones) is 1. The van der Waals surface area contributed by atoms with Crippen LogP contribution in [0.5, 0.6) is 0 Å². The van der Waals surface area contributed by atoms with Crippen molar-refractivity contribution in [2.45, 2.75) is 18.9 Å². The van der Waals surface area contributed by atoms with Crippen LogP contribution in [-0.2, 0) is 21.4 Å². The molecule has 1 saturated heterocycles. The summed E-state index contributed by atoms with van der Waals surface area (Å²) in [6, 6.07) is 6.10. The van der Waals surface area contributed by atoms with Gasteiger partial charge in [-0.15, -0.1) is 0 Å². The number of hydrogen-bond donors (Lipinski definition) is 0. The van der Waals surface area contributed by atoms with Gasteiger partial charge in [-0.2, -0.15) is 5.26 Å². The molecule has 0 spiro atoms. The molecule has 16 heavy (non-hydrogen) atoms. The molecule has 1 aromatic rings. The number of nitrogens with zero attached hydrogens (tertiary/aromatic N) is 2. The lowest BCUT2D eigenvalue weighted by atomic mass is 10.1. The first-order chi connectivity index (χ1) is 7.60. The first-order valence-electron chi connectivity index (χ1n) is 4.76. The molecule has 2 heterocycles. The number of ether oxygens (including phenoxy) is 1. The van der Waals surface area contributed by atoms with Crippen molar-refractivity contribution in [1.29, 1.82) is 5.26 Å². The van der Waals surface area contributed by atoms with Gasteiger partial charge in [0.2, 0.25) is 0 Å². The van der Waals surface area contributed by atoms with Gasteiger partial charge < -0.3 is 9.30 Å². The molecule has 84 valence electrons. The number of carbonyl (C=O) groups is 2. The van der Waals surface area contributed by atoms with Crippen LogP contribution >= 0.6 is 0 Å². The summed E-state index contributed by atoms with van der Waals surface area (Å²) < 4.78 is 6.03. The molecular weight excluding hydrogens is 208 g/mol. The zero-order valence-electron chi connectivity index (χ0n) is 9.08. The van der Waals surface area contributed by atoms with Gasteiger partial charge in [-0.3, -0.25) is 4.79 Å². The number of aryl methyl sites for hydroxylation is 1. The van der Waals surface area contributed by atoms with Crippen molar-refractivity contribution in [2.75, 3.05) is 0 Å². The van der Waals surface area contributed by atoms with Crippen molar-refractivity contribution < 1.29 is 14.3 Å². The number of aldehydes is 1. The highest BCUT2D eigenvalue weighted by Crippen LogP contribution is 2.12. The first kappa shape index (κ1) is 12.0. The maximum Gasteiger partial charge on any atom is 0.356 e. The lowest BCUT2D eigenvalue weighted by molar-refractivity contribution is -0.117. The van der Waals surface area contributed by atoms with E-state index in [0.717, 1.165) is 5.69 Å². The monoisotopic (exact) mass is 220 g/mol. The highest BCUT2D eigenvalue weighted by atomic mass is 16.6. The van der Waals surface area contributed by atoms with E-state index in [-0.39, 0.29) is 5.92 Å². The summed E-state index contributed by atoms with van der Waals surface area (Å²) in [6.07, 6.45) is 1.70. The number of carbonyl (C=O) groups excluding carboxylic acids is 2. The van der Waals surface area contributed by atoms with E-state index in [0.29, 0.717) is 6.29 Å². The van der Waals surface area contributed by atoms with Crippen molar-refractivity contribution in [3.05, 3.63) is 24.0 Å². The zero-order chi connectivity index (χ0) is 12.1. The second-order valence-electron chi connectivity index (χ2n) is 3.39. The molecule has 0 bridgehead atoms. The number of rotatable bonds is 2. The van der Waals surface area contributed by atoms with E-state index < -0.39 is 12.1 Å². The van der Waals surface area contributed by atoms with Crippen molar-refractivity contribution in [1.82, 2.24) is 4.57 Å². The molecule has 2 unspecified atom stereocenters. The second kappa shape index (κ2) is 5.12. The number of aromatic nitrogens is 1. The third-order valence-corrected chi connectivity index (χ3v) is 2.16. The van der Waals surface area contributed by atoms with E-state index >= 15 is 0 Å². The largest absolute Gasteiger partial charge is 0.439 e. The lowest BCUT2D eigenvalue weighted by Crippen LogP contribution is -1.97. The summed E-state index contributed by atoms with van der Waals surface area (Å²) in [4.78, 5) is 19.1. The van der Waals surface area contributed by atoms with Gasteiger partial charge in [-0.05, 0) is 19.1 Å². The standard InChI is InChI=1S/C8H10N2.C3H2O3/c1-7(6-9)8-4-3-5-10(8)2;4-1-2-3(5)6-2/h3-5,7H,1-2H3;1-2H. The van der Waals surface area contributed by atoms with Crippen LogP contribution in [0.4, 0.5) is 0 Å². The summed E-state index contributed by atoms with van der Waals surface area (Å²) >= 11 is 0. The Morgan fingerprint density at radius 3 is 2.56 bits per heavy atom. The average Bonchev–Trinajstić information content (AvgIpc) is 2.84. The topological polar surface area (TPSA) is 75.4 Å². The van der Waals surface area contributed by atoms with Crippen LogP contribution in [0.25, 0.3) is 0 Å². The van der Waals surface area contributed by atoms with Crippen molar-refractivity contribution in [2.24, 2.45) is 7.05 Å². The van der Waals surface area contributed by atoms with Crippen LogP contribution in [0.15, 0.2) is 18.3 Å². The van der Waals surface area contributed by atoms with E-state index in [9.17, 15) is 9.59 Å². The van der Waals surface area contributed by atoms with Crippen LogP contribution in [0.2, 0.25) is 0 Å². The van der Waals surface area contributed by atoms with Crippen LogP contribution in [0.1, 0.15) is 18.5 Å². The third-order valence-electron chi connectivity index (χ3n) is 2.16. The number of nitriles is 1. The van der Waals surface area contributed by atoms with Gasteiger partial charge in [0.25, 0.3) is 6.10 Å². The van der Waals surface area contributed by atoms with Gasteiger partial charge in [0.15, 0.2) is 6.29 Å². The van der Waals surface area contributed by atoms with E-state index in [1.807, 2.05) is 36.9 Å². The zero-order valence-corrected chi connectivity index (χ0v) is 9.08. The summed E-state index contributed by atoms with van der Waals surface area (Å²) in [5.74, 6) is -0.412. The van der Waals surface area contributed by atoms with Gasteiger partial charge in [0, 0.05) is 18.9 Å². The molecule has 5 nitrogen and oxygen atoms in total. The Labute approximate surface area is 93.2 Å². The number of hydrogen-bond acceptors (Lipinski definition) is 4. The van der Waals surface area contributed by atoms with Crippen molar-refractivity contribution in [3.8, 4) is 6.07 Å². The molecule has 0 saturated carbocycles. The Bertz CT molecular complexity index is 431. The summed E-state index contributed by atoms with van der Waals surface area (Å²) in [5.41, 5.74) is 1.07. The maximum absolute atomic E-state index is 9.66. The van der Waals surface area contributed by atoms with Gasteiger partial charge >= 0.3 is 5.97 Å². The van der Waals surface area contributed by atoms with E-state index in [1.54, 1.807) is 0 Å². The Balaban J connectivity index is 0.000000181. The normalized spacial score (nSPS) is 18.6. The SMILES string of the molecule is CC(C#N)c1cccn1C.O=CC1OC1=O. The average molecular weight is 220 g/mol. The third kappa shape index (κ3) is 2.95. The Hall–Kier alpha value is -2.09. The molecule has 0 amide bonds. The maximum atomic E-state index is 9.66. The molecule has 2 rings (SSSR count). The molecule has 0 radical (unpaired) electrons. The second-order valence-corrected chi connectivity index (χ2v) is 3.39. The smallest absolute Gasteiger partial charge is 0.356 e. The van der Waals surface area contributed by atoms with E-state index in [1.165, 1.54) is 0 Å². The van der Waals surface area contributed by atoms with Gasteiger partial charge in [0.1, 0.15) is 0 Å². The van der Waals surface area contributed by atoms with Gasteiger partial charge in [-0.25, -0.2) is 4.79 Å². The molecule has 5 heteroatoms. The molecule has 0 aromatic carbocycles. The van der Waals surface area contributed by atoms with Crippen LogP contribution in [0, 0.1) is 11.3 Å². The van der Waals surface area contributed by atoms with Crippen LogP contribution in [-0.4, -0.2) is 22.9 Å². The molecule has 1 aliphatic rings. The summed E-state index contributed by atoms with van der Waals surface area (Å²) in [6.45, 7) is 1.90. The van der Waals surface area contributed by atoms with Gasteiger partial charge in [-0.1, -0.05) is 0 Å². The molecule has 1 aliphatic heterocycles. The minimum atomic E-state index is -0.718. The first-order valence-corrected chi connectivity index (χ1v) is 4.76. The van der Waals surface area contributed by atoms with Crippen LogP contribution in [0.3, 0.4) is 0 Å². The Kier molecular flexibility index (Phi) is 3.84. The molecule has 1 fully saturated rings. The molecular formula is C11H12N2O3. The highest BCUT2D eigenvalue weighted by molar-refractivity contribution is 6.02. The summed E-state index contributed by atoms with van der Waals surface area (Å²) in [5, 5.41) is 8.57. The van der Waals surface area contributed by atoms with E-state index in [2.05, 4.69) is 10.8 Å². The molecule has 2 atom stereocenters. The molecule has 1 aromatic heterocycles.